The Morgan fingerprint density at radius 2 is 1.90 bits per heavy atom. The Bertz CT molecular complexity index is 1260. The number of hydrogen-bond donors (Lipinski definition) is 0. The molecule has 1 aromatic carbocycles. The number of tetrazole rings is 1. The van der Waals surface area contributed by atoms with E-state index in [9.17, 15) is 9.59 Å². The minimum atomic E-state index is -0.0646. The molecule has 31 heavy (non-hydrogen) atoms. The third-order valence-electron chi connectivity index (χ3n) is 5.23. The van der Waals surface area contributed by atoms with Crippen LogP contribution in [0, 0.1) is 0 Å². The molecule has 158 valence electrons. The molecular weight excluding hydrogens is 416 g/mol. The predicted octanol–water partition coefficient (Wildman–Crippen LogP) is 0.754. The number of amides is 1. The van der Waals surface area contributed by atoms with E-state index in [4.69, 9.17) is 0 Å². The summed E-state index contributed by atoms with van der Waals surface area (Å²) in [6, 6.07) is 11.1. The Morgan fingerprint density at radius 1 is 1.10 bits per heavy atom. The second-order valence-electron chi connectivity index (χ2n) is 7.31. The lowest BCUT2D eigenvalue weighted by atomic mass is 10.2. The van der Waals surface area contributed by atoms with Crippen molar-refractivity contribution in [3.8, 4) is 11.4 Å². The van der Waals surface area contributed by atoms with Crippen molar-refractivity contribution < 1.29 is 4.79 Å². The standard InChI is InChI=1S/C20H20N8O2S/c29-17-12-16(21-20-27(17)10-11-31-20)13-25-6-8-26(9-7-25)18(30)14-28-23-19(22-24-28)15-4-2-1-3-5-15/h1-5,10-12H,6-9,13-14H2. The third-order valence-corrected chi connectivity index (χ3v) is 5.98. The van der Waals surface area contributed by atoms with Gasteiger partial charge in [-0.1, -0.05) is 30.3 Å². The van der Waals surface area contributed by atoms with Crippen LogP contribution in [0.25, 0.3) is 16.3 Å². The van der Waals surface area contributed by atoms with Gasteiger partial charge in [0.2, 0.25) is 11.7 Å². The maximum atomic E-state index is 12.7. The van der Waals surface area contributed by atoms with E-state index in [1.807, 2.05) is 40.6 Å². The summed E-state index contributed by atoms with van der Waals surface area (Å²) >= 11 is 1.44. The number of carbonyl (C=O) groups is 1. The Hall–Kier alpha value is -3.44. The lowest BCUT2D eigenvalue weighted by Crippen LogP contribution is -2.49. The summed E-state index contributed by atoms with van der Waals surface area (Å²) in [5.41, 5.74) is 1.56. The minimum absolute atomic E-state index is 0.0342. The van der Waals surface area contributed by atoms with Crippen LogP contribution in [0.3, 0.4) is 0 Å². The van der Waals surface area contributed by atoms with Crippen molar-refractivity contribution in [3.05, 3.63) is 64.0 Å². The first-order chi connectivity index (χ1) is 15.2. The molecule has 0 radical (unpaired) electrons. The summed E-state index contributed by atoms with van der Waals surface area (Å²) in [5, 5.41) is 14.2. The van der Waals surface area contributed by atoms with Gasteiger partial charge in [-0.2, -0.15) is 4.80 Å². The average molecular weight is 437 g/mol. The molecule has 4 heterocycles. The van der Waals surface area contributed by atoms with Crippen molar-refractivity contribution in [2.75, 3.05) is 26.2 Å². The van der Waals surface area contributed by atoms with Gasteiger partial charge in [0.05, 0.1) is 5.69 Å². The molecule has 3 aromatic heterocycles. The molecule has 0 atom stereocenters. The third kappa shape index (κ3) is 4.23. The van der Waals surface area contributed by atoms with Crippen LogP contribution < -0.4 is 5.56 Å². The molecule has 11 heteroatoms. The fraction of sp³-hybridized carbons (Fsp3) is 0.300. The molecular formula is C20H20N8O2S. The molecule has 1 aliphatic heterocycles. The van der Waals surface area contributed by atoms with E-state index in [2.05, 4.69) is 25.3 Å². The fourth-order valence-electron chi connectivity index (χ4n) is 3.59. The van der Waals surface area contributed by atoms with E-state index in [1.54, 1.807) is 16.7 Å². The first-order valence-corrected chi connectivity index (χ1v) is 10.8. The van der Waals surface area contributed by atoms with Gasteiger partial charge in [0.15, 0.2) is 4.96 Å². The van der Waals surface area contributed by atoms with E-state index in [-0.39, 0.29) is 18.0 Å². The van der Waals surface area contributed by atoms with Crippen LogP contribution in [0.5, 0.6) is 0 Å². The smallest absolute Gasteiger partial charge is 0.258 e. The summed E-state index contributed by atoms with van der Waals surface area (Å²) in [6.45, 7) is 3.32. The van der Waals surface area contributed by atoms with Crippen LogP contribution in [-0.2, 0) is 17.9 Å². The molecule has 0 saturated carbocycles. The van der Waals surface area contributed by atoms with Gasteiger partial charge in [-0.3, -0.25) is 18.9 Å². The molecule has 1 amide bonds. The highest BCUT2D eigenvalue weighted by molar-refractivity contribution is 7.15. The van der Waals surface area contributed by atoms with Gasteiger partial charge in [-0.15, -0.1) is 21.5 Å². The SMILES string of the molecule is O=C(Cn1nnc(-c2ccccc2)n1)N1CCN(Cc2cc(=O)n3ccsc3n2)CC1. The van der Waals surface area contributed by atoms with E-state index < -0.39 is 0 Å². The quantitative estimate of drug-likeness (QED) is 0.455. The Kier molecular flexibility index (Phi) is 5.26. The highest BCUT2D eigenvalue weighted by atomic mass is 32.1. The molecule has 0 N–H and O–H groups in total. The van der Waals surface area contributed by atoms with Crippen LogP contribution in [0.2, 0.25) is 0 Å². The van der Waals surface area contributed by atoms with Crippen LogP contribution in [-0.4, -0.2) is 71.5 Å². The molecule has 1 aliphatic rings. The normalized spacial score (nSPS) is 14.9. The van der Waals surface area contributed by atoms with E-state index in [1.165, 1.54) is 16.1 Å². The monoisotopic (exact) mass is 436 g/mol. The zero-order chi connectivity index (χ0) is 21.2. The van der Waals surface area contributed by atoms with Crippen LogP contribution in [0.15, 0.2) is 52.8 Å². The zero-order valence-corrected chi connectivity index (χ0v) is 17.5. The first-order valence-electron chi connectivity index (χ1n) is 9.95. The highest BCUT2D eigenvalue weighted by Crippen LogP contribution is 2.13. The van der Waals surface area contributed by atoms with E-state index in [0.717, 1.165) is 24.3 Å². The summed E-state index contributed by atoms with van der Waals surface area (Å²) in [7, 11) is 0. The van der Waals surface area contributed by atoms with Crippen molar-refractivity contribution in [3.63, 3.8) is 0 Å². The largest absolute Gasteiger partial charge is 0.338 e. The molecule has 0 aliphatic carbocycles. The molecule has 1 fully saturated rings. The Morgan fingerprint density at radius 3 is 2.71 bits per heavy atom. The highest BCUT2D eigenvalue weighted by Gasteiger charge is 2.22. The summed E-state index contributed by atoms with van der Waals surface area (Å²) < 4.78 is 1.55. The van der Waals surface area contributed by atoms with Crippen LogP contribution in [0.4, 0.5) is 0 Å². The molecule has 10 nitrogen and oxygen atoms in total. The van der Waals surface area contributed by atoms with Gasteiger partial charge in [-0.05, 0) is 5.21 Å². The van der Waals surface area contributed by atoms with E-state index >= 15 is 0 Å². The van der Waals surface area contributed by atoms with Gasteiger partial charge < -0.3 is 4.90 Å². The number of fused-ring (bicyclic) bond motifs is 1. The lowest BCUT2D eigenvalue weighted by Gasteiger charge is -2.34. The number of thiazole rings is 1. The van der Waals surface area contributed by atoms with Crippen LogP contribution in [0.1, 0.15) is 5.69 Å². The van der Waals surface area contributed by atoms with Gasteiger partial charge in [0, 0.05) is 55.9 Å². The van der Waals surface area contributed by atoms with Crippen molar-refractivity contribution in [1.29, 1.82) is 0 Å². The topological polar surface area (TPSA) is 102 Å². The molecule has 0 bridgehead atoms. The van der Waals surface area contributed by atoms with Crippen molar-refractivity contribution in [2.45, 2.75) is 13.1 Å². The molecule has 0 spiro atoms. The zero-order valence-electron chi connectivity index (χ0n) is 16.7. The fourth-order valence-corrected chi connectivity index (χ4v) is 4.33. The lowest BCUT2D eigenvalue weighted by molar-refractivity contribution is -0.134. The van der Waals surface area contributed by atoms with Crippen molar-refractivity contribution in [2.24, 2.45) is 0 Å². The molecule has 5 rings (SSSR count). The average Bonchev–Trinajstić information content (AvgIpc) is 3.45. The number of benzene rings is 1. The van der Waals surface area contributed by atoms with Gasteiger partial charge in [-0.25, -0.2) is 4.98 Å². The number of nitrogens with zero attached hydrogens (tertiary/aromatic N) is 8. The number of carbonyl (C=O) groups excluding carboxylic acids is 1. The van der Waals surface area contributed by atoms with Gasteiger partial charge in [0.25, 0.3) is 5.56 Å². The summed E-state index contributed by atoms with van der Waals surface area (Å²) in [5.74, 6) is 0.470. The molecule has 4 aromatic rings. The van der Waals surface area contributed by atoms with Gasteiger partial charge in [0.1, 0.15) is 6.54 Å². The van der Waals surface area contributed by atoms with Crippen molar-refractivity contribution >= 4 is 22.2 Å². The second-order valence-corrected chi connectivity index (χ2v) is 8.18. The van der Waals surface area contributed by atoms with Crippen molar-refractivity contribution in [1.82, 2.24) is 39.4 Å². The first kappa shape index (κ1) is 19.5. The second kappa shape index (κ2) is 8.36. The number of hydrogen-bond acceptors (Lipinski definition) is 8. The van der Waals surface area contributed by atoms with Gasteiger partial charge >= 0.3 is 0 Å². The number of piperazine rings is 1. The minimum Gasteiger partial charge on any atom is -0.338 e. The Labute approximate surface area is 181 Å². The summed E-state index contributed by atoms with van der Waals surface area (Å²) in [6.07, 6.45) is 1.73. The molecule has 1 saturated heterocycles. The summed E-state index contributed by atoms with van der Waals surface area (Å²) in [4.78, 5) is 35.4. The maximum absolute atomic E-state index is 12.7. The number of rotatable bonds is 5. The predicted molar refractivity (Wildman–Crippen MR) is 114 cm³/mol. The number of aromatic nitrogens is 6. The maximum Gasteiger partial charge on any atom is 0.258 e. The molecule has 0 unspecified atom stereocenters. The van der Waals surface area contributed by atoms with E-state index in [0.29, 0.717) is 30.4 Å². The van der Waals surface area contributed by atoms with Crippen LogP contribution >= 0.6 is 11.3 Å². The Balaban J connectivity index is 1.16.